The van der Waals surface area contributed by atoms with Gasteiger partial charge >= 0.3 is 0 Å². The van der Waals surface area contributed by atoms with Crippen molar-refractivity contribution < 1.29 is 4.57 Å². The Labute approximate surface area is 87.6 Å². The van der Waals surface area contributed by atoms with Gasteiger partial charge in [-0.15, -0.1) is 0 Å². The van der Waals surface area contributed by atoms with E-state index in [1.807, 2.05) is 0 Å². The number of aromatic nitrogens is 2. The summed E-state index contributed by atoms with van der Waals surface area (Å²) in [6.07, 6.45) is 13.3. The molecule has 1 aromatic rings. The molecular formula is C12H23N2+. The van der Waals surface area contributed by atoms with Crippen LogP contribution in [-0.4, -0.2) is 4.57 Å². The van der Waals surface area contributed by atoms with E-state index >= 15 is 0 Å². The normalized spacial score (nSPS) is 10.7. The van der Waals surface area contributed by atoms with E-state index in [2.05, 4.69) is 41.7 Å². The Balaban J connectivity index is 2.12. The number of rotatable bonds is 7. The van der Waals surface area contributed by atoms with Crippen molar-refractivity contribution in [1.29, 1.82) is 0 Å². The van der Waals surface area contributed by atoms with Crippen LogP contribution in [0.3, 0.4) is 0 Å². The third kappa shape index (κ3) is 3.95. The zero-order chi connectivity index (χ0) is 10.2. The second-order valence-corrected chi connectivity index (χ2v) is 3.90. The Bertz CT molecular complexity index is 240. The number of unbranched alkanes of at least 4 members (excludes halogenated alkanes) is 4. The van der Waals surface area contributed by atoms with Crippen molar-refractivity contribution in [3.05, 3.63) is 18.7 Å². The zero-order valence-electron chi connectivity index (χ0n) is 9.58. The van der Waals surface area contributed by atoms with Gasteiger partial charge in [0.25, 0.3) is 0 Å². The molecule has 0 spiro atoms. The molecule has 0 bridgehead atoms. The molecule has 0 saturated carbocycles. The van der Waals surface area contributed by atoms with Crippen molar-refractivity contribution in [2.24, 2.45) is 0 Å². The van der Waals surface area contributed by atoms with Crippen LogP contribution in [0.1, 0.15) is 46.0 Å². The molecule has 1 rings (SSSR count). The second-order valence-electron chi connectivity index (χ2n) is 3.90. The summed E-state index contributed by atoms with van der Waals surface area (Å²) >= 11 is 0. The highest BCUT2D eigenvalue weighted by molar-refractivity contribution is 4.65. The average molecular weight is 195 g/mol. The lowest BCUT2D eigenvalue weighted by Crippen LogP contribution is -2.28. The van der Waals surface area contributed by atoms with Crippen molar-refractivity contribution in [3.63, 3.8) is 0 Å². The SMILES string of the molecule is CCCCCCCn1cc[n+](CC)c1. The maximum atomic E-state index is 2.29. The van der Waals surface area contributed by atoms with Crippen LogP contribution in [0.15, 0.2) is 18.7 Å². The van der Waals surface area contributed by atoms with Crippen molar-refractivity contribution in [1.82, 2.24) is 4.57 Å². The van der Waals surface area contributed by atoms with Crippen LogP contribution in [0.4, 0.5) is 0 Å². The summed E-state index contributed by atoms with van der Waals surface area (Å²) in [5.41, 5.74) is 0. The third-order valence-corrected chi connectivity index (χ3v) is 2.63. The van der Waals surface area contributed by atoms with Crippen LogP contribution in [-0.2, 0) is 13.1 Å². The fraction of sp³-hybridized carbons (Fsp3) is 0.750. The van der Waals surface area contributed by atoms with E-state index in [4.69, 9.17) is 0 Å². The molecule has 0 atom stereocenters. The van der Waals surface area contributed by atoms with Gasteiger partial charge in [0.15, 0.2) is 0 Å². The summed E-state index contributed by atoms with van der Waals surface area (Å²) in [7, 11) is 0. The lowest BCUT2D eigenvalue weighted by molar-refractivity contribution is -0.693. The molecule has 80 valence electrons. The fourth-order valence-corrected chi connectivity index (χ4v) is 1.66. The first kappa shape index (κ1) is 11.3. The van der Waals surface area contributed by atoms with E-state index in [0.717, 1.165) is 6.54 Å². The van der Waals surface area contributed by atoms with Gasteiger partial charge in [-0.05, 0) is 19.8 Å². The van der Waals surface area contributed by atoms with E-state index < -0.39 is 0 Å². The molecule has 14 heavy (non-hydrogen) atoms. The Kier molecular flexibility index (Phi) is 5.35. The zero-order valence-corrected chi connectivity index (χ0v) is 9.58. The third-order valence-electron chi connectivity index (χ3n) is 2.63. The van der Waals surface area contributed by atoms with Gasteiger partial charge in [0.2, 0.25) is 6.33 Å². The van der Waals surface area contributed by atoms with Crippen LogP contribution in [0.5, 0.6) is 0 Å². The van der Waals surface area contributed by atoms with Gasteiger partial charge in [-0.25, -0.2) is 9.13 Å². The van der Waals surface area contributed by atoms with E-state index in [1.54, 1.807) is 0 Å². The van der Waals surface area contributed by atoms with Crippen LogP contribution in [0.2, 0.25) is 0 Å². The van der Waals surface area contributed by atoms with Crippen molar-refractivity contribution in [3.8, 4) is 0 Å². The Morgan fingerprint density at radius 2 is 1.86 bits per heavy atom. The predicted molar refractivity (Wildman–Crippen MR) is 59.1 cm³/mol. The first-order valence-electron chi connectivity index (χ1n) is 5.91. The number of nitrogens with zero attached hydrogens (tertiary/aromatic N) is 2. The molecule has 0 amide bonds. The van der Waals surface area contributed by atoms with Gasteiger partial charge < -0.3 is 0 Å². The molecule has 0 N–H and O–H groups in total. The molecule has 1 heterocycles. The highest BCUT2D eigenvalue weighted by Gasteiger charge is 2.00. The highest BCUT2D eigenvalue weighted by atomic mass is 15.1. The van der Waals surface area contributed by atoms with E-state index in [-0.39, 0.29) is 0 Å². The molecule has 0 radical (unpaired) electrons. The van der Waals surface area contributed by atoms with Gasteiger partial charge in [0, 0.05) is 0 Å². The van der Waals surface area contributed by atoms with Gasteiger partial charge in [-0.2, -0.15) is 0 Å². The molecule has 0 unspecified atom stereocenters. The highest BCUT2D eigenvalue weighted by Crippen LogP contribution is 2.03. The van der Waals surface area contributed by atoms with E-state index in [0.29, 0.717) is 0 Å². The van der Waals surface area contributed by atoms with Crippen LogP contribution in [0.25, 0.3) is 0 Å². The summed E-state index contributed by atoms with van der Waals surface area (Å²) in [6.45, 7) is 6.68. The Hall–Kier alpha value is -0.790. The van der Waals surface area contributed by atoms with Crippen LogP contribution < -0.4 is 4.57 Å². The minimum atomic E-state index is 1.07. The van der Waals surface area contributed by atoms with E-state index in [1.165, 1.54) is 38.6 Å². The summed E-state index contributed by atoms with van der Waals surface area (Å²) in [5, 5.41) is 0. The first-order valence-corrected chi connectivity index (χ1v) is 5.91. The van der Waals surface area contributed by atoms with Gasteiger partial charge in [0.1, 0.15) is 12.4 Å². The van der Waals surface area contributed by atoms with Crippen LogP contribution >= 0.6 is 0 Å². The number of hydrogen-bond acceptors (Lipinski definition) is 0. The van der Waals surface area contributed by atoms with E-state index in [9.17, 15) is 0 Å². The smallest absolute Gasteiger partial charge is 0.237 e. The summed E-state index contributed by atoms with van der Waals surface area (Å²) in [5.74, 6) is 0. The summed E-state index contributed by atoms with van der Waals surface area (Å²) in [4.78, 5) is 0. The molecule has 0 aliphatic rings. The molecule has 1 aromatic heterocycles. The van der Waals surface area contributed by atoms with Crippen molar-refractivity contribution in [2.45, 2.75) is 59.0 Å². The summed E-state index contributed by atoms with van der Waals surface area (Å²) in [6, 6.07) is 0. The minimum Gasteiger partial charge on any atom is -0.237 e. The number of aryl methyl sites for hydroxylation is 2. The molecule has 2 nitrogen and oxygen atoms in total. The minimum absolute atomic E-state index is 1.07. The Morgan fingerprint density at radius 1 is 1.07 bits per heavy atom. The maximum absolute atomic E-state index is 2.29. The Morgan fingerprint density at radius 3 is 2.50 bits per heavy atom. The van der Waals surface area contributed by atoms with Gasteiger partial charge in [-0.3, -0.25) is 0 Å². The van der Waals surface area contributed by atoms with Crippen molar-refractivity contribution in [2.75, 3.05) is 0 Å². The second kappa shape index (κ2) is 6.63. The van der Waals surface area contributed by atoms with Gasteiger partial charge in [-0.1, -0.05) is 26.2 Å². The lowest BCUT2D eigenvalue weighted by Gasteiger charge is -1.97. The molecule has 0 aliphatic carbocycles. The molecule has 0 aliphatic heterocycles. The van der Waals surface area contributed by atoms with Gasteiger partial charge in [0.05, 0.1) is 13.1 Å². The first-order chi connectivity index (χ1) is 6.86. The number of imidazole rings is 1. The standard InChI is InChI=1S/C12H23N2/c1-3-5-6-7-8-9-14-11-10-13(4-2)12-14/h10-12H,3-9H2,1-2H3/q+1. The molecule has 2 heteroatoms. The van der Waals surface area contributed by atoms with Crippen molar-refractivity contribution >= 4 is 0 Å². The monoisotopic (exact) mass is 195 g/mol. The average Bonchev–Trinajstić information content (AvgIpc) is 2.65. The largest absolute Gasteiger partial charge is 0.243 e. The van der Waals surface area contributed by atoms with Crippen LogP contribution in [0, 0.1) is 0 Å². The molecular weight excluding hydrogens is 172 g/mol. The molecule has 0 aromatic carbocycles. The topological polar surface area (TPSA) is 8.81 Å². The number of hydrogen-bond donors (Lipinski definition) is 0. The lowest BCUT2D eigenvalue weighted by atomic mass is 10.1. The molecule has 0 fully saturated rings. The maximum Gasteiger partial charge on any atom is 0.243 e. The molecule has 0 saturated heterocycles. The fourth-order valence-electron chi connectivity index (χ4n) is 1.66. The predicted octanol–water partition coefficient (Wildman–Crippen LogP) is 2.77. The summed E-state index contributed by atoms with van der Waals surface area (Å²) < 4.78 is 4.50. The quantitative estimate of drug-likeness (QED) is 0.467.